The highest BCUT2D eigenvalue weighted by molar-refractivity contribution is 8.03. The predicted octanol–water partition coefficient (Wildman–Crippen LogP) is 9.16. The van der Waals surface area contributed by atoms with E-state index in [-0.39, 0.29) is 18.4 Å². The van der Waals surface area contributed by atoms with Crippen molar-refractivity contribution in [1.29, 1.82) is 0 Å². The first-order valence-electron chi connectivity index (χ1n) is 11.4. The molecule has 1 aromatic carbocycles. The molecule has 1 aromatic rings. The lowest BCUT2D eigenvalue weighted by atomic mass is 10.1. The van der Waals surface area contributed by atoms with Gasteiger partial charge in [0.1, 0.15) is 0 Å². The predicted molar refractivity (Wildman–Crippen MR) is 148 cm³/mol. The van der Waals surface area contributed by atoms with Gasteiger partial charge in [-0.25, -0.2) is 0 Å². The van der Waals surface area contributed by atoms with E-state index in [2.05, 4.69) is 24.7 Å². The summed E-state index contributed by atoms with van der Waals surface area (Å²) in [6.45, 7) is 13.1. The lowest BCUT2D eigenvalue weighted by Crippen LogP contribution is -2.33. The minimum atomic E-state index is -4.36. The fraction of sp³-hybridized carbons (Fsp3) is 0.393. The van der Waals surface area contributed by atoms with Crippen LogP contribution in [0.5, 0.6) is 0 Å². The van der Waals surface area contributed by atoms with Crippen LogP contribution in [0.15, 0.2) is 71.2 Å². The maximum atomic E-state index is 13.4. The average Bonchev–Trinajstić information content (AvgIpc) is 2.83. The van der Waals surface area contributed by atoms with Gasteiger partial charge in [-0.15, -0.1) is 24.6 Å². The number of hydrogen-bond donors (Lipinski definition) is 1. The van der Waals surface area contributed by atoms with Crippen LogP contribution in [0.1, 0.15) is 64.2 Å². The molecule has 0 spiro atoms. The minimum Gasteiger partial charge on any atom is -0.345 e. The van der Waals surface area contributed by atoms with Gasteiger partial charge in [-0.1, -0.05) is 75.7 Å². The molecule has 194 valence electrons. The smallest absolute Gasteiger partial charge is 0.345 e. The van der Waals surface area contributed by atoms with Crippen molar-refractivity contribution < 1.29 is 18.0 Å². The Balaban J connectivity index is 0. The Morgan fingerprint density at radius 3 is 2.40 bits per heavy atom. The van der Waals surface area contributed by atoms with Crippen molar-refractivity contribution in [2.75, 3.05) is 5.75 Å². The van der Waals surface area contributed by atoms with Crippen LogP contribution >= 0.6 is 23.4 Å². The molecule has 0 bridgehead atoms. The highest BCUT2D eigenvalue weighted by atomic mass is 35.5. The number of alkyl halides is 3. The topological polar surface area (TPSA) is 29.1 Å². The summed E-state index contributed by atoms with van der Waals surface area (Å²) in [4.78, 5) is 13.3. The molecule has 0 fully saturated rings. The van der Waals surface area contributed by atoms with Gasteiger partial charge in [0, 0.05) is 26.8 Å². The summed E-state index contributed by atoms with van der Waals surface area (Å²) in [5.74, 6) is 0.0602. The van der Waals surface area contributed by atoms with Crippen molar-refractivity contribution in [3.05, 3.63) is 81.8 Å². The molecule has 1 rings (SSSR count). The summed E-state index contributed by atoms with van der Waals surface area (Å²) >= 11 is 7.33. The van der Waals surface area contributed by atoms with Gasteiger partial charge in [-0.2, -0.15) is 13.2 Å². The van der Waals surface area contributed by atoms with Gasteiger partial charge >= 0.3 is 6.18 Å². The zero-order chi connectivity index (χ0) is 27.4. The molecule has 0 aromatic heterocycles. The largest absolute Gasteiger partial charge is 0.412 e. The monoisotopic (exact) mass is 527 g/mol. The van der Waals surface area contributed by atoms with E-state index in [0.29, 0.717) is 34.8 Å². The molecule has 0 saturated heterocycles. The van der Waals surface area contributed by atoms with Crippen molar-refractivity contribution in [1.82, 2.24) is 5.32 Å². The molecule has 0 aliphatic heterocycles. The lowest BCUT2D eigenvalue weighted by molar-refractivity contribution is -0.0941. The van der Waals surface area contributed by atoms with Crippen LogP contribution in [-0.2, 0) is 0 Å². The van der Waals surface area contributed by atoms with E-state index in [1.165, 1.54) is 23.9 Å². The van der Waals surface area contributed by atoms with Gasteiger partial charge in [0.2, 0.25) is 0 Å². The Labute approximate surface area is 218 Å². The quantitative estimate of drug-likeness (QED) is 0.229. The number of nitrogens with one attached hydrogen (secondary N) is 1. The Bertz CT molecular complexity index is 886. The van der Waals surface area contributed by atoms with Gasteiger partial charge in [-0.3, -0.25) is 4.79 Å². The van der Waals surface area contributed by atoms with E-state index in [1.54, 1.807) is 30.3 Å². The summed E-state index contributed by atoms with van der Waals surface area (Å²) in [5, 5.41) is 3.37. The molecule has 1 N–H and O–H groups in total. The minimum absolute atomic E-state index is 0.0122. The van der Waals surface area contributed by atoms with E-state index in [9.17, 15) is 18.0 Å². The second kappa shape index (κ2) is 19.9. The van der Waals surface area contributed by atoms with Crippen LogP contribution in [0.3, 0.4) is 0 Å². The fourth-order valence-electron chi connectivity index (χ4n) is 2.78. The molecule has 0 radical (unpaired) electrons. The van der Waals surface area contributed by atoms with Gasteiger partial charge in [-0.05, 0) is 50.5 Å². The summed E-state index contributed by atoms with van der Waals surface area (Å²) in [5.41, 5.74) is 0.434. The number of hydrogen-bond acceptors (Lipinski definition) is 2. The van der Waals surface area contributed by atoms with Crippen molar-refractivity contribution >= 4 is 29.3 Å². The lowest BCUT2D eigenvalue weighted by Gasteiger charge is -2.18. The van der Waals surface area contributed by atoms with Crippen LogP contribution in [0, 0.1) is 12.8 Å². The molecule has 0 saturated carbocycles. The first kappa shape index (κ1) is 34.8. The van der Waals surface area contributed by atoms with Gasteiger partial charge in [0.25, 0.3) is 5.91 Å². The van der Waals surface area contributed by atoms with Crippen LogP contribution in [0.4, 0.5) is 13.2 Å². The zero-order valence-electron chi connectivity index (χ0n) is 21.2. The second-order valence-electron chi connectivity index (χ2n) is 6.93. The number of carbonyl (C=O) groups excluding carboxylic acids is 1. The maximum absolute atomic E-state index is 13.4. The molecule has 35 heavy (non-hydrogen) atoms. The molecule has 1 atom stereocenters. The first-order chi connectivity index (χ1) is 16.6. The van der Waals surface area contributed by atoms with Crippen LogP contribution < -0.4 is 5.32 Å². The van der Waals surface area contributed by atoms with Crippen molar-refractivity contribution in [3.8, 4) is 12.8 Å². The standard InChI is InChI=1S/C24H29ClF3NOS.C2H6.C2H2/c1-5-8-12-20(24(26,27)28)14-18(10-6-2)16-31-22(7-3)17(4)29-23(30)19-11-9-13-21(25)15-19;2*1-2/h6-7,9-11,13-15,17H,2,5,8,12,16H2,1,3-4H3,(H,29,30);1-2H3;1-2H/b18-10+,20-14+,22-7-;;. The number of unbranched alkanes of at least 4 members (excludes halogenated alkanes) is 1. The highest BCUT2D eigenvalue weighted by Gasteiger charge is 2.32. The van der Waals surface area contributed by atoms with Crippen LogP contribution in [0.25, 0.3) is 0 Å². The SMILES string of the molecule is C#C.C=C/C=C(\C=C(/CCCC)C(F)(F)F)CS/C(=C\C)C(C)NC(=O)c1cccc(Cl)c1.CC. The van der Waals surface area contributed by atoms with Gasteiger partial charge < -0.3 is 5.32 Å². The number of terminal acetylenes is 1. The highest BCUT2D eigenvalue weighted by Crippen LogP contribution is 2.32. The summed E-state index contributed by atoms with van der Waals surface area (Å²) in [6.07, 6.45) is 10.9. The molecule has 1 amide bonds. The number of amides is 1. The van der Waals surface area contributed by atoms with E-state index in [4.69, 9.17) is 11.6 Å². The number of allylic oxidation sites excluding steroid dienone is 5. The Morgan fingerprint density at radius 1 is 1.29 bits per heavy atom. The third kappa shape index (κ3) is 14.6. The van der Waals surface area contributed by atoms with Crippen LogP contribution in [-0.4, -0.2) is 23.9 Å². The second-order valence-corrected chi connectivity index (χ2v) is 8.42. The molecule has 0 heterocycles. The third-order valence-electron chi connectivity index (χ3n) is 4.41. The number of rotatable bonds is 11. The summed E-state index contributed by atoms with van der Waals surface area (Å²) < 4.78 is 40.1. The Hall–Kier alpha value is -2.36. The van der Waals surface area contributed by atoms with Crippen molar-refractivity contribution in [2.45, 2.75) is 66.1 Å². The average molecular weight is 528 g/mol. The van der Waals surface area contributed by atoms with Gasteiger partial charge in [0.05, 0.1) is 6.04 Å². The number of carbonyl (C=O) groups is 1. The Morgan fingerprint density at radius 2 is 1.91 bits per heavy atom. The van der Waals surface area contributed by atoms with E-state index in [0.717, 1.165) is 4.91 Å². The Kier molecular flexibility index (Phi) is 19.8. The number of benzene rings is 1. The number of halogens is 4. The fourth-order valence-corrected chi connectivity index (χ4v) is 3.96. The molecular weight excluding hydrogens is 491 g/mol. The van der Waals surface area contributed by atoms with Crippen molar-refractivity contribution in [2.24, 2.45) is 0 Å². The normalized spacial score (nSPS) is 12.9. The maximum Gasteiger partial charge on any atom is 0.412 e. The molecule has 7 heteroatoms. The molecule has 1 unspecified atom stereocenters. The summed E-state index contributed by atoms with van der Waals surface area (Å²) in [7, 11) is 0. The third-order valence-corrected chi connectivity index (χ3v) is 6.04. The van der Waals surface area contributed by atoms with Gasteiger partial charge in [0.15, 0.2) is 0 Å². The van der Waals surface area contributed by atoms with E-state index >= 15 is 0 Å². The molecule has 2 nitrogen and oxygen atoms in total. The first-order valence-corrected chi connectivity index (χ1v) is 12.8. The molecule has 0 aliphatic rings. The number of thioether (sulfide) groups is 1. The van der Waals surface area contributed by atoms with Crippen LogP contribution in [0.2, 0.25) is 5.02 Å². The molecular formula is C28H37ClF3NOS. The summed E-state index contributed by atoms with van der Waals surface area (Å²) in [6, 6.07) is 6.32. The van der Waals surface area contributed by atoms with Crippen molar-refractivity contribution in [3.63, 3.8) is 0 Å². The zero-order valence-corrected chi connectivity index (χ0v) is 22.8. The van der Waals surface area contributed by atoms with E-state index < -0.39 is 11.7 Å². The van der Waals surface area contributed by atoms with E-state index in [1.807, 2.05) is 40.7 Å². The molecule has 0 aliphatic carbocycles.